The summed E-state index contributed by atoms with van der Waals surface area (Å²) in [6.45, 7) is 0. The van der Waals surface area contributed by atoms with E-state index in [-0.39, 0.29) is 17.2 Å². The van der Waals surface area contributed by atoms with Crippen LogP contribution in [-0.4, -0.2) is 13.0 Å². The number of allylic oxidation sites excluding steroid dienone is 7. The van der Waals surface area contributed by atoms with Crippen molar-refractivity contribution in [2.75, 3.05) is 7.11 Å². The lowest BCUT2D eigenvalue weighted by Crippen LogP contribution is -2.26. The molecular formula is C14H13NO2. The topological polar surface area (TPSA) is 38.3 Å². The zero-order valence-electron chi connectivity index (χ0n) is 9.57. The van der Waals surface area contributed by atoms with Gasteiger partial charge in [0, 0.05) is 17.0 Å². The Morgan fingerprint density at radius 2 is 2.29 bits per heavy atom. The Morgan fingerprint density at radius 3 is 3.06 bits per heavy atom. The summed E-state index contributed by atoms with van der Waals surface area (Å²) < 4.78 is 5.30. The Labute approximate surface area is 99.5 Å². The molecule has 1 aliphatic heterocycles. The van der Waals surface area contributed by atoms with E-state index in [1.807, 2.05) is 6.08 Å². The lowest BCUT2D eigenvalue weighted by atomic mass is 9.75. The summed E-state index contributed by atoms with van der Waals surface area (Å²) in [5, 5.41) is 3.00. The summed E-state index contributed by atoms with van der Waals surface area (Å²) in [4.78, 5) is 11.8. The molecule has 4 aliphatic rings. The monoisotopic (exact) mass is 227 g/mol. The van der Waals surface area contributed by atoms with Gasteiger partial charge in [-0.25, -0.2) is 0 Å². The number of nitrogens with one attached hydrogen (secondary N) is 1. The van der Waals surface area contributed by atoms with Crippen LogP contribution in [0.15, 0.2) is 47.4 Å². The number of fused-ring (bicyclic) bond motifs is 1. The highest BCUT2D eigenvalue weighted by Gasteiger charge is 2.69. The third-order valence-electron chi connectivity index (χ3n) is 4.44. The Hall–Kier alpha value is -1.77. The molecule has 3 nitrogen and oxygen atoms in total. The van der Waals surface area contributed by atoms with Crippen molar-refractivity contribution in [2.45, 2.75) is 6.42 Å². The molecule has 0 aromatic rings. The zero-order chi connectivity index (χ0) is 11.6. The average Bonchev–Trinajstić information content (AvgIpc) is 3.03. The van der Waals surface area contributed by atoms with Crippen LogP contribution in [0.25, 0.3) is 0 Å². The molecular weight excluding hydrogens is 214 g/mol. The summed E-state index contributed by atoms with van der Waals surface area (Å²) in [6, 6.07) is 0. The van der Waals surface area contributed by atoms with E-state index in [2.05, 4.69) is 29.6 Å². The first-order valence-electron chi connectivity index (χ1n) is 5.93. The molecule has 3 unspecified atom stereocenters. The number of amides is 1. The number of hydrogen-bond donors (Lipinski definition) is 1. The summed E-state index contributed by atoms with van der Waals surface area (Å²) in [5.74, 6) is 1.55. The SMILES string of the molecule is COC1=CC2C(=CC=C3NC(=O)C4CC324)C=C1. The highest BCUT2D eigenvalue weighted by molar-refractivity contribution is 5.91. The molecule has 1 heterocycles. The maximum Gasteiger partial charge on any atom is 0.228 e. The number of rotatable bonds is 1. The van der Waals surface area contributed by atoms with Gasteiger partial charge in [-0.15, -0.1) is 0 Å². The smallest absolute Gasteiger partial charge is 0.228 e. The Morgan fingerprint density at radius 1 is 1.41 bits per heavy atom. The molecule has 0 aromatic heterocycles. The largest absolute Gasteiger partial charge is 0.497 e. The second-order valence-electron chi connectivity index (χ2n) is 5.12. The fraction of sp³-hybridized carbons (Fsp3) is 0.357. The molecule has 4 rings (SSSR count). The molecule has 0 radical (unpaired) electrons. The highest BCUT2D eigenvalue weighted by atomic mass is 16.5. The molecule has 0 bridgehead atoms. The van der Waals surface area contributed by atoms with Crippen LogP contribution in [0, 0.1) is 17.3 Å². The van der Waals surface area contributed by atoms with E-state index < -0.39 is 0 Å². The van der Waals surface area contributed by atoms with Gasteiger partial charge in [0.15, 0.2) is 0 Å². The van der Waals surface area contributed by atoms with E-state index in [1.165, 1.54) is 5.57 Å². The minimum atomic E-state index is 0.0235. The van der Waals surface area contributed by atoms with Crippen molar-refractivity contribution in [3.8, 4) is 0 Å². The van der Waals surface area contributed by atoms with Crippen LogP contribution >= 0.6 is 0 Å². The van der Waals surface area contributed by atoms with E-state index in [1.54, 1.807) is 7.11 Å². The lowest BCUT2D eigenvalue weighted by Gasteiger charge is -2.30. The number of carbonyl (C=O) groups is 1. The summed E-state index contributed by atoms with van der Waals surface area (Å²) in [5.41, 5.74) is 2.41. The number of methoxy groups -OCH3 is 1. The summed E-state index contributed by atoms with van der Waals surface area (Å²) >= 11 is 0. The Kier molecular flexibility index (Phi) is 1.49. The number of carbonyl (C=O) groups excluding carboxylic acids is 1. The maximum absolute atomic E-state index is 11.8. The van der Waals surface area contributed by atoms with E-state index in [9.17, 15) is 4.79 Å². The molecule has 17 heavy (non-hydrogen) atoms. The van der Waals surface area contributed by atoms with Gasteiger partial charge in [-0.05, 0) is 30.2 Å². The number of ether oxygens (including phenoxy) is 1. The first-order valence-corrected chi connectivity index (χ1v) is 5.93. The van der Waals surface area contributed by atoms with Crippen LogP contribution < -0.4 is 5.32 Å². The first-order chi connectivity index (χ1) is 8.25. The number of hydrogen-bond acceptors (Lipinski definition) is 2. The maximum atomic E-state index is 11.8. The van der Waals surface area contributed by atoms with Gasteiger partial charge >= 0.3 is 0 Å². The van der Waals surface area contributed by atoms with Crippen molar-refractivity contribution in [3.05, 3.63) is 47.4 Å². The normalized spacial score (nSPS) is 40.3. The van der Waals surface area contributed by atoms with Gasteiger partial charge in [-0.1, -0.05) is 12.2 Å². The van der Waals surface area contributed by atoms with Crippen molar-refractivity contribution in [2.24, 2.45) is 17.3 Å². The fourth-order valence-corrected chi connectivity index (χ4v) is 3.47. The van der Waals surface area contributed by atoms with Crippen molar-refractivity contribution < 1.29 is 9.53 Å². The van der Waals surface area contributed by atoms with Gasteiger partial charge in [0.25, 0.3) is 0 Å². The summed E-state index contributed by atoms with van der Waals surface area (Å²) in [7, 11) is 1.69. The molecule has 86 valence electrons. The van der Waals surface area contributed by atoms with Crippen molar-refractivity contribution in [1.29, 1.82) is 0 Å². The van der Waals surface area contributed by atoms with Crippen LogP contribution in [0.5, 0.6) is 0 Å². The molecule has 1 N–H and O–H groups in total. The van der Waals surface area contributed by atoms with Gasteiger partial charge in [-0.2, -0.15) is 0 Å². The summed E-state index contributed by atoms with van der Waals surface area (Å²) in [6.07, 6.45) is 11.4. The molecule has 1 saturated carbocycles. The van der Waals surface area contributed by atoms with Gasteiger partial charge in [0.1, 0.15) is 5.76 Å². The van der Waals surface area contributed by atoms with Gasteiger partial charge < -0.3 is 10.1 Å². The molecule has 1 saturated heterocycles. The molecule has 0 aromatic carbocycles. The van der Waals surface area contributed by atoms with Crippen LogP contribution in [0.4, 0.5) is 0 Å². The minimum absolute atomic E-state index is 0.0235. The predicted molar refractivity (Wildman–Crippen MR) is 62.6 cm³/mol. The van der Waals surface area contributed by atoms with E-state index in [0.29, 0.717) is 5.92 Å². The van der Waals surface area contributed by atoms with E-state index in [0.717, 1.165) is 17.9 Å². The lowest BCUT2D eigenvalue weighted by molar-refractivity contribution is -0.120. The van der Waals surface area contributed by atoms with Gasteiger partial charge in [-0.3, -0.25) is 4.79 Å². The van der Waals surface area contributed by atoms with Crippen LogP contribution in [0.1, 0.15) is 6.42 Å². The predicted octanol–water partition coefficient (Wildman–Crippen LogP) is 1.66. The van der Waals surface area contributed by atoms with Crippen molar-refractivity contribution in [1.82, 2.24) is 5.32 Å². The minimum Gasteiger partial charge on any atom is -0.497 e. The van der Waals surface area contributed by atoms with Gasteiger partial charge in [0.2, 0.25) is 5.91 Å². The Bertz CT molecular complexity index is 553. The fourth-order valence-electron chi connectivity index (χ4n) is 3.47. The second kappa shape index (κ2) is 2.73. The molecule has 3 atom stereocenters. The molecule has 3 heteroatoms. The second-order valence-corrected chi connectivity index (χ2v) is 5.12. The quantitative estimate of drug-likeness (QED) is 0.740. The van der Waals surface area contributed by atoms with Crippen LogP contribution in [-0.2, 0) is 9.53 Å². The molecule has 3 aliphatic carbocycles. The molecule has 1 amide bonds. The third kappa shape index (κ3) is 0.954. The van der Waals surface area contributed by atoms with Crippen LogP contribution in [0.2, 0.25) is 0 Å². The molecule has 2 fully saturated rings. The van der Waals surface area contributed by atoms with E-state index in [4.69, 9.17) is 4.74 Å². The standard InChI is InChI=1S/C14H13NO2/c1-17-9-4-2-8-3-5-12-14(10(8)6-9)7-11(14)13(16)15-12/h2-6,10-11H,7H2,1H3,(H,15,16). The van der Waals surface area contributed by atoms with Crippen molar-refractivity contribution in [3.63, 3.8) is 0 Å². The zero-order valence-corrected chi connectivity index (χ0v) is 9.57. The highest BCUT2D eigenvalue weighted by Crippen LogP contribution is 2.68. The third-order valence-corrected chi connectivity index (χ3v) is 4.44. The van der Waals surface area contributed by atoms with E-state index >= 15 is 0 Å². The van der Waals surface area contributed by atoms with Crippen LogP contribution in [0.3, 0.4) is 0 Å². The number of piperidine rings is 1. The van der Waals surface area contributed by atoms with Crippen molar-refractivity contribution >= 4 is 5.91 Å². The first kappa shape index (κ1) is 9.28. The van der Waals surface area contributed by atoms with Gasteiger partial charge in [0.05, 0.1) is 13.0 Å². The molecule has 1 spiro atoms. The average molecular weight is 227 g/mol. The Balaban J connectivity index is 1.84.